The molecule has 0 radical (unpaired) electrons. The molecular weight excluding hydrogens is 699 g/mol. The second-order valence-corrected chi connectivity index (χ2v) is 17.2. The average Bonchev–Trinajstić information content (AvgIpc) is 3.96. The number of likely N-dealkylation sites (tertiary alicyclic amines) is 1. The van der Waals surface area contributed by atoms with Gasteiger partial charge >= 0.3 is 12.1 Å². The van der Waals surface area contributed by atoms with Gasteiger partial charge in [0.2, 0.25) is 27.7 Å². The highest BCUT2D eigenvalue weighted by Gasteiger charge is 2.61. The highest BCUT2D eigenvalue weighted by atomic mass is 32.2. The van der Waals surface area contributed by atoms with Gasteiger partial charge in [-0.2, -0.15) is 0 Å². The Hall–Kier alpha value is -4.34. The van der Waals surface area contributed by atoms with Gasteiger partial charge < -0.3 is 19.7 Å². The van der Waals surface area contributed by atoms with Gasteiger partial charge in [0.1, 0.15) is 17.5 Å². The van der Waals surface area contributed by atoms with Crippen LogP contribution in [-0.2, 0) is 56.6 Å². The Morgan fingerprint density at radius 3 is 2.44 bits per heavy atom. The molecule has 1 saturated heterocycles. The van der Waals surface area contributed by atoms with Crippen LogP contribution in [0.25, 0.3) is 0 Å². The van der Waals surface area contributed by atoms with E-state index >= 15 is 0 Å². The molecule has 5 rings (SSSR count). The van der Waals surface area contributed by atoms with Crippen LogP contribution in [-0.4, -0.2) is 89.9 Å². The first-order valence-corrected chi connectivity index (χ1v) is 19.1. The number of amides is 4. The number of sulfonamides is 1. The van der Waals surface area contributed by atoms with Crippen LogP contribution in [0.1, 0.15) is 83.8 Å². The molecule has 1 aromatic rings. The van der Waals surface area contributed by atoms with Gasteiger partial charge in [-0.15, -0.1) is 0 Å². The van der Waals surface area contributed by atoms with Crippen molar-refractivity contribution in [2.45, 2.75) is 109 Å². The standard InChI is InChI=1S/C36H47FN4O10S/c1-6-23-15-36(23,33(46)39-52(48,49)25-11-12-25)16-29(42)28-14-24(50-34(47)40-18-21-9-8-10-27(37)26(21)20-40)19-41(28)32(45)22(17-38-30(43)7-2)13-31(44)51-35(3,4)5/h7-10,22-25,28H,2,6,11-20H2,1,3-5H3,(H,38,43)(H,39,46)/t22-,23+,24+,28?,36+/m0/s1. The van der Waals surface area contributed by atoms with Crippen molar-refractivity contribution in [1.29, 1.82) is 0 Å². The molecule has 4 amide bonds. The van der Waals surface area contributed by atoms with Crippen LogP contribution in [0.4, 0.5) is 9.18 Å². The van der Waals surface area contributed by atoms with Gasteiger partial charge in [-0.3, -0.25) is 33.6 Å². The predicted molar refractivity (Wildman–Crippen MR) is 184 cm³/mol. The summed E-state index contributed by atoms with van der Waals surface area (Å²) in [5.74, 6) is -5.22. The number of ketones is 1. The Labute approximate surface area is 302 Å². The Morgan fingerprint density at radius 2 is 1.85 bits per heavy atom. The number of fused-ring (bicyclic) bond motifs is 1. The second kappa shape index (κ2) is 15.0. The molecule has 3 fully saturated rings. The number of nitrogens with one attached hydrogen (secondary N) is 2. The molecule has 2 N–H and O–H groups in total. The van der Waals surface area contributed by atoms with E-state index in [4.69, 9.17) is 9.47 Å². The van der Waals surface area contributed by atoms with E-state index in [1.165, 1.54) is 15.9 Å². The van der Waals surface area contributed by atoms with Crippen LogP contribution in [0, 0.1) is 23.1 Å². The minimum atomic E-state index is -3.89. The van der Waals surface area contributed by atoms with Crippen LogP contribution < -0.4 is 10.0 Å². The Bertz CT molecular complexity index is 1760. The molecule has 1 unspecified atom stereocenters. The molecule has 2 aliphatic heterocycles. The van der Waals surface area contributed by atoms with Crippen molar-refractivity contribution in [3.8, 4) is 0 Å². The molecule has 14 nitrogen and oxygen atoms in total. The molecule has 52 heavy (non-hydrogen) atoms. The number of nitrogens with zero attached hydrogens (tertiary/aromatic N) is 2. The van der Waals surface area contributed by atoms with E-state index in [1.807, 2.05) is 6.92 Å². The van der Waals surface area contributed by atoms with Gasteiger partial charge in [0.15, 0.2) is 5.78 Å². The lowest BCUT2D eigenvalue weighted by Crippen LogP contribution is -2.48. The van der Waals surface area contributed by atoms with Crippen LogP contribution in [0.15, 0.2) is 30.9 Å². The SMILES string of the molecule is C=CC(=O)NC[C@H](CC(=O)OC(C)(C)C)C(=O)N1C[C@H](OC(=O)N2Cc3cccc(F)c3C2)CC1C(=O)C[C@]1(C(=O)NS(=O)(=O)C2CC2)C[C@H]1CC. The zero-order valence-electron chi connectivity index (χ0n) is 29.9. The summed E-state index contributed by atoms with van der Waals surface area (Å²) in [5.41, 5.74) is -1.18. The summed E-state index contributed by atoms with van der Waals surface area (Å²) >= 11 is 0. The van der Waals surface area contributed by atoms with Gasteiger partial charge in [0, 0.05) is 31.5 Å². The fourth-order valence-electron chi connectivity index (χ4n) is 7.13. The van der Waals surface area contributed by atoms with E-state index in [-0.39, 0.29) is 51.4 Å². The minimum Gasteiger partial charge on any atom is -0.460 e. The number of carbonyl (C=O) groups excluding carboxylic acids is 6. The smallest absolute Gasteiger partial charge is 0.410 e. The zero-order valence-corrected chi connectivity index (χ0v) is 30.8. The van der Waals surface area contributed by atoms with Crippen LogP contribution in [0.2, 0.25) is 0 Å². The van der Waals surface area contributed by atoms with E-state index < -0.39 is 92.2 Å². The first-order chi connectivity index (χ1) is 24.4. The molecule has 1 aromatic carbocycles. The molecule has 0 bridgehead atoms. The van der Waals surface area contributed by atoms with Crippen molar-refractivity contribution in [3.63, 3.8) is 0 Å². The summed E-state index contributed by atoms with van der Waals surface area (Å²) in [7, 11) is -3.89. The number of rotatable bonds is 14. The molecule has 16 heteroatoms. The lowest BCUT2D eigenvalue weighted by Gasteiger charge is -2.29. The lowest BCUT2D eigenvalue weighted by molar-refractivity contribution is -0.158. The van der Waals surface area contributed by atoms with Crippen molar-refractivity contribution in [2.75, 3.05) is 13.1 Å². The van der Waals surface area contributed by atoms with Gasteiger partial charge in [-0.1, -0.05) is 32.1 Å². The third kappa shape index (κ3) is 8.81. The number of ether oxygens (including phenoxy) is 2. The zero-order chi connectivity index (χ0) is 38.2. The van der Waals surface area contributed by atoms with E-state index in [1.54, 1.807) is 32.9 Å². The van der Waals surface area contributed by atoms with Crippen molar-refractivity contribution in [1.82, 2.24) is 19.8 Å². The minimum absolute atomic E-state index is 0.0284. The maximum absolute atomic E-state index is 14.4. The fourth-order valence-corrected chi connectivity index (χ4v) is 8.52. The predicted octanol–water partition coefficient (Wildman–Crippen LogP) is 2.88. The largest absolute Gasteiger partial charge is 0.460 e. The number of benzene rings is 1. The Balaban J connectivity index is 1.38. The molecule has 284 valence electrons. The summed E-state index contributed by atoms with van der Waals surface area (Å²) in [6, 6.07) is 3.34. The first-order valence-electron chi connectivity index (χ1n) is 17.6. The van der Waals surface area contributed by atoms with Gasteiger partial charge in [0.05, 0.1) is 42.1 Å². The molecule has 0 aromatic heterocycles. The summed E-state index contributed by atoms with van der Waals surface area (Å²) in [6.07, 6.45) is -0.0417. The highest BCUT2D eigenvalue weighted by Crippen LogP contribution is 2.58. The normalized spacial score (nSPS) is 24.4. The van der Waals surface area contributed by atoms with Gasteiger partial charge in [-0.25, -0.2) is 17.6 Å². The van der Waals surface area contributed by atoms with Crippen molar-refractivity contribution in [2.24, 2.45) is 17.3 Å². The topological polar surface area (TPSA) is 186 Å². The van der Waals surface area contributed by atoms with Crippen molar-refractivity contribution >= 4 is 45.6 Å². The fraction of sp³-hybridized carbons (Fsp3) is 0.611. The molecule has 2 heterocycles. The maximum Gasteiger partial charge on any atom is 0.410 e. The third-order valence-corrected chi connectivity index (χ3v) is 11.9. The number of halogens is 1. The Kier molecular flexibility index (Phi) is 11.2. The molecular formula is C36H47FN4O10S. The molecule has 2 saturated carbocycles. The van der Waals surface area contributed by atoms with Gasteiger partial charge in [-0.05, 0) is 63.7 Å². The van der Waals surface area contributed by atoms with E-state index in [0.29, 0.717) is 30.4 Å². The summed E-state index contributed by atoms with van der Waals surface area (Å²) in [6.45, 7) is 9.75. The van der Waals surface area contributed by atoms with Crippen LogP contribution in [0.3, 0.4) is 0 Å². The van der Waals surface area contributed by atoms with E-state index in [9.17, 15) is 41.6 Å². The maximum atomic E-state index is 14.4. The van der Waals surface area contributed by atoms with E-state index in [0.717, 1.165) is 6.08 Å². The van der Waals surface area contributed by atoms with Crippen molar-refractivity contribution < 1.29 is 51.0 Å². The lowest BCUT2D eigenvalue weighted by atomic mass is 9.90. The third-order valence-electron chi connectivity index (χ3n) is 10.1. The van der Waals surface area contributed by atoms with Gasteiger partial charge in [0.25, 0.3) is 0 Å². The summed E-state index contributed by atoms with van der Waals surface area (Å²) < 4.78 is 53.1. The molecule has 2 aliphatic carbocycles. The number of Topliss-reactive ketones (excluding diaryl/α,β-unsaturated/α-hetero) is 1. The number of hydrogen-bond acceptors (Lipinski definition) is 10. The second-order valence-electron chi connectivity index (χ2n) is 15.2. The molecule has 4 aliphatic rings. The average molecular weight is 747 g/mol. The quantitative estimate of drug-likeness (QED) is 0.212. The van der Waals surface area contributed by atoms with Crippen molar-refractivity contribution in [3.05, 3.63) is 47.8 Å². The number of hydrogen-bond donors (Lipinski definition) is 2. The molecule has 5 atom stereocenters. The van der Waals surface area contributed by atoms with E-state index in [2.05, 4.69) is 16.6 Å². The summed E-state index contributed by atoms with van der Waals surface area (Å²) in [5, 5.41) is 1.88. The monoisotopic (exact) mass is 746 g/mol. The first kappa shape index (κ1) is 38.9. The number of carbonyl (C=O) groups is 6. The van der Waals surface area contributed by atoms with Crippen LogP contribution >= 0.6 is 0 Å². The molecule has 0 spiro atoms. The summed E-state index contributed by atoms with van der Waals surface area (Å²) in [4.78, 5) is 82.8. The Morgan fingerprint density at radius 1 is 1.13 bits per heavy atom. The van der Waals surface area contributed by atoms with Crippen LogP contribution in [0.5, 0.6) is 0 Å². The highest BCUT2D eigenvalue weighted by molar-refractivity contribution is 7.90. The number of esters is 1.